The Morgan fingerprint density at radius 2 is 1.95 bits per heavy atom. The van der Waals surface area contributed by atoms with E-state index in [9.17, 15) is 4.79 Å². The van der Waals surface area contributed by atoms with Crippen LogP contribution >= 0.6 is 0 Å². The summed E-state index contributed by atoms with van der Waals surface area (Å²) in [5.74, 6) is 0.0717. The van der Waals surface area contributed by atoms with Crippen LogP contribution in [0.5, 0.6) is 0 Å². The first kappa shape index (κ1) is 16.7. The van der Waals surface area contributed by atoms with E-state index in [0.29, 0.717) is 25.6 Å². The third-order valence-electron chi connectivity index (χ3n) is 3.50. The van der Waals surface area contributed by atoms with Crippen molar-refractivity contribution in [1.29, 1.82) is 0 Å². The Morgan fingerprint density at radius 1 is 1.30 bits per heavy atom. The lowest BCUT2D eigenvalue weighted by atomic mass is 10.1. The minimum absolute atomic E-state index is 0.0717. The van der Waals surface area contributed by atoms with Gasteiger partial charge in [-0.3, -0.25) is 9.69 Å². The fourth-order valence-electron chi connectivity index (χ4n) is 1.88. The second kappa shape index (κ2) is 8.72. The van der Waals surface area contributed by atoms with Gasteiger partial charge in [0.05, 0.1) is 0 Å². The zero-order valence-corrected chi connectivity index (χ0v) is 12.9. The summed E-state index contributed by atoms with van der Waals surface area (Å²) in [4.78, 5) is 13.9. The van der Waals surface area contributed by atoms with E-state index in [4.69, 9.17) is 5.73 Å². The summed E-state index contributed by atoms with van der Waals surface area (Å²) in [5.41, 5.74) is 7.85. The first-order valence-corrected chi connectivity index (χ1v) is 7.28. The number of carbonyl (C=O) groups is 1. The van der Waals surface area contributed by atoms with Gasteiger partial charge in [-0.25, -0.2) is 0 Å². The van der Waals surface area contributed by atoms with Gasteiger partial charge in [0.2, 0.25) is 5.91 Å². The highest BCUT2D eigenvalue weighted by molar-refractivity contribution is 5.75. The normalized spacial score (nSPS) is 11.1. The lowest BCUT2D eigenvalue weighted by Gasteiger charge is -2.22. The van der Waals surface area contributed by atoms with Crippen molar-refractivity contribution in [2.45, 2.75) is 45.8 Å². The van der Waals surface area contributed by atoms with Crippen molar-refractivity contribution in [3.05, 3.63) is 35.4 Å². The van der Waals surface area contributed by atoms with Crippen molar-refractivity contribution in [3.8, 4) is 0 Å². The van der Waals surface area contributed by atoms with Gasteiger partial charge < -0.3 is 11.1 Å². The SMILES string of the molecule is CC(C)N(C)Cc1ccccc1CNC(=O)CCCN. The standard InChI is InChI=1S/C16H27N3O/c1-13(2)19(3)12-15-8-5-4-7-14(15)11-18-16(20)9-6-10-17/h4-5,7-8,13H,6,9-12,17H2,1-3H3,(H,18,20). The number of nitrogens with two attached hydrogens (primary N) is 1. The highest BCUT2D eigenvalue weighted by Crippen LogP contribution is 2.12. The molecule has 0 spiro atoms. The lowest BCUT2D eigenvalue weighted by molar-refractivity contribution is -0.121. The van der Waals surface area contributed by atoms with Gasteiger partial charge in [-0.2, -0.15) is 0 Å². The first-order valence-electron chi connectivity index (χ1n) is 7.28. The fourth-order valence-corrected chi connectivity index (χ4v) is 1.88. The molecule has 1 rings (SSSR count). The van der Waals surface area contributed by atoms with Crippen molar-refractivity contribution in [2.24, 2.45) is 5.73 Å². The van der Waals surface area contributed by atoms with Crippen LogP contribution in [0.25, 0.3) is 0 Å². The first-order chi connectivity index (χ1) is 9.54. The number of nitrogens with one attached hydrogen (secondary N) is 1. The van der Waals surface area contributed by atoms with Crippen LogP contribution in [0.4, 0.5) is 0 Å². The van der Waals surface area contributed by atoms with E-state index in [2.05, 4.69) is 43.2 Å². The van der Waals surface area contributed by atoms with E-state index in [-0.39, 0.29) is 5.91 Å². The number of carbonyl (C=O) groups excluding carboxylic acids is 1. The molecule has 0 unspecified atom stereocenters. The molecule has 112 valence electrons. The van der Waals surface area contributed by atoms with Crippen molar-refractivity contribution in [3.63, 3.8) is 0 Å². The molecular formula is C16H27N3O. The Morgan fingerprint density at radius 3 is 2.55 bits per heavy atom. The lowest BCUT2D eigenvalue weighted by Crippen LogP contribution is -2.27. The molecule has 4 nitrogen and oxygen atoms in total. The molecule has 0 saturated heterocycles. The molecule has 0 fully saturated rings. The largest absolute Gasteiger partial charge is 0.352 e. The van der Waals surface area contributed by atoms with Crippen LogP contribution in [-0.2, 0) is 17.9 Å². The Labute approximate surface area is 122 Å². The molecular weight excluding hydrogens is 250 g/mol. The van der Waals surface area contributed by atoms with E-state index < -0.39 is 0 Å². The fraction of sp³-hybridized carbons (Fsp3) is 0.562. The van der Waals surface area contributed by atoms with Crippen LogP contribution in [0, 0.1) is 0 Å². The van der Waals surface area contributed by atoms with Crippen molar-refractivity contribution in [2.75, 3.05) is 13.6 Å². The average Bonchev–Trinajstić information content (AvgIpc) is 2.44. The monoisotopic (exact) mass is 277 g/mol. The molecule has 0 aliphatic heterocycles. The predicted molar refractivity (Wildman–Crippen MR) is 83.2 cm³/mol. The molecule has 0 aliphatic carbocycles. The molecule has 0 aromatic heterocycles. The topological polar surface area (TPSA) is 58.4 Å². The summed E-state index contributed by atoms with van der Waals surface area (Å²) in [5, 5.41) is 2.96. The molecule has 0 atom stereocenters. The van der Waals surface area contributed by atoms with Gasteiger partial charge in [0.1, 0.15) is 0 Å². The number of amides is 1. The van der Waals surface area contributed by atoms with E-state index in [0.717, 1.165) is 13.0 Å². The third kappa shape index (κ3) is 5.72. The molecule has 0 heterocycles. The van der Waals surface area contributed by atoms with Crippen molar-refractivity contribution < 1.29 is 4.79 Å². The molecule has 0 saturated carbocycles. The Kier molecular flexibility index (Phi) is 7.26. The molecule has 0 aliphatic rings. The molecule has 0 radical (unpaired) electrons. The van der Waals surface area contributed by atoms with Gasteiger partial charge in [0.25, 0.3) is 0 Å². The number of nitrogens with zero attached hydrogens (tertiary/aromatic N) is 1. The Hall–Kier alpha value is -1.39. The van der Waals surface area contributed by atoms with Crippen LogP contribution in [0.15, 0.2) is 24.3 Å². The quantitative estimate of drug-likeness (QED) is 0.763. The smallest absolute Gasteiger partial charge is 0.220 e. The highest BCUT2D eigenvalue weighted by Gasteiger charge is 2.08. The van der Waals surface area contributed by atoms with Gasteiger partial charge in [-0.1, -0.05) is 24.3 Å². The summed E-state index contributed by atoms with van der Waals surface area (Å²) in [6.07, 6.45) is 1.24. The number of hydrogen-bond acceptors (Lipinski definition) is 3. The summed E-state index contributed by atoms with van der Waals surface area (Å²) < 4.78 is 0. The van der Waals surface area contributed by atoms with E-state index >= 15 is 0 Å². The summed E-state index contributed by atoms with van der Waals surface area (Å²) >= 11 is 0. The minimum atomic E-state index is 0.0717. The van der Waals surface area contributed by atoms with Crippen LogP contribution in [0.1, 0.15) is 37.8 Å². The molecule has 0 bridgehead atoms. The predicted octanol–water partition coefficient (Wildman–Crippen LogP) is 1.88. The van der Waals surface area contributed by atoms with Gasteiger partial charge in [0.15, 0.2) is 0 Å². The maximum atomic E-state index is 11.6. The summed E-state index contributed by atoms with van der Waals surface area (Å²) in [6, 6.07) is 8.76. The van der Waals surface area contributed by atoms with Crippen LogP contribution in [-0.4, -0.2) is 30.4 Å². The molecule has 4 heteroatoms. The summed E-state index contributed by atoms with van der Waals surface area (Å²) in [6.45, 7) is 6.40. The van der Waals surface area contributed by atoms with Gasteiger partial charge in [-0.15, -0.1) is 0 Å². The molecule has 20 heavy (non-hydrogen) atoms. The minimum Gasteiger partial charge on any atom is -0.352 e. The number of benzene rings is 1. The molecule has 1 aromatic carbocycles. The Balaban J connectivity index is 2.59. The maximum absolute atomic E-state index is 11.6. The van der Waals surface area contributed by atoms with Gasteiger partial charge in [-0.05, 0) is 45.0 Å². The van der Waals surface area contributed by atoms with Gasteiger partial charge in [0, 0.05) is 25.6 Å². The average molecular weight is 277 g/mol. The second-order valence-corrected chi connectivity index (χ2v) is 5.45. The molecule has 1 amide bonds. The molecule has 3 N–H and O–H groups in total. The zero-order chi connectivity index (χ0) is 15.0. The third-order valence-corrected chi connectivity index (χ3v) is 3.50. The van der Waals surface area contributed by atoms with Crippen molar-refractivity contribution >= 4 is 5.91 Å². The van der Waals surface area contributed by atoms with E-state index in [1.807, 2.05) is 12.1 Å². The van der Waals surface area contributed by atoms with E-state index in [1.165, 1.54) is 11.1 Å². The number of rotatable bonds is 8. The van der Waals surface area contributed by atoms with Crippen molar-refractivity contribution in [1.82, 2.24) is 10.2 Å². The van der Waals surface area contributed by atoms with Crippen LogP contribution < -0.4 is 11.1 Å². The second-order valence-electron chi connectivity index (χ2n) is 5.45. The maximum Gasteiger partial charge on any atom is 0.220 e. The highest BCUT2D eigenvalue weighted by atomic mass is 16.1. The van der Waals surface area contributed by atoms with Gasteiger partial charge >= 0.3 is 0 Å². The Bertz CT molecular complexity index is 418. The van der Waals surface area contributed by atoms with Crippen LogP contribution in [0.2, 0.25) is 0 Å². The molecule has 1 aromatic rings. The zero-order valence-electron chi connectivity index (χ0n) is 12.9. The summed E-state index contributed by atoms with van der Waals surface area (Å²) in [7, 11) is 2.11. The van der Waals surface area contributed by atoms with E-state index in [1.54, 1.807) is 0 Å². The van der Waals surface area contributed by atoms with Crippen LogP contribution in [0.3, 0.4) is 0 Å². The number of hydrogen-bond donors (Lipinski definition) is 2.